The highest BCUT2D eigenvalue weighted by molar-refractivity contribution is 7.89. The third-order valence-electron chi connectivity index (χ3n) is 4.88. The van der Waals surface area contributed by atoms with Crippen LogP contribution in [0.4, 0.5) is 4.39 Å². The summed E-state index contributed by atoms with van der Waals surface area (Å²) in [5.74, 6) is -0.514. The summed E-state index contributed by atoms with van der Waals surface area (Å²) in [7, 11) is -3.95. The summed E-state index contributed by atoms with van der Waals surface area (Å²) in [5, 5.41) is 2.70. The number of nitrogens with zero attached hydrogens (tertiary/aromatic N) is 1. The molecule has 0 bridgehead atoms. The number of thiophene rings is 1. The number of benzene rings is 2. The number of aromatic amines is 1. The number of pyridine rings is 1. The molecule has 154 valence electrons. The Kier molecular flexibility index (Phi) is 5.55. The molecule has 0 fully saturated rings. The monoisotopic (exact) mass is 442 g/mol. The number of aromatic nitrogens is 1. The van der Waals surface area contributed by atoms with Crippen LogP contribution in [0.2, 0.25) is 0 Å². The Labute approximate surface area is 177 Å². The van der Waals surface area contributed by atoms with Crippen molar-refractivity contribution in [2.75, 3.05) is 0 Å². The number of hydrogen-bond acceptors (Lipinski definition) is 4. The molecule has 2 aromatic heterocycles. The van der Waals surface area contributed by atoms with Gasteiger partial charge in [0.2, 0.25) is 10.0 Å². The fourth-order valence-electron chi connectivity index (χ4n) is 3.29. The van der Waals surface area contributed by atoms with Gasteiger partial charge in [-0.1, -0.05) is 24.3 Å². The number of H-pyrrole nitrogens is 1. The third-order valence-corrected chi connectivity index (χ3v) is 7.54. The first-order chi connectivity index (χ1) is 14.3. The molecule has 0 aliphatic rings. The van der Waals surface area contributed by atoms with Gasteiger partial charge in [0.1, 0.15) is 5.82 Å². The van der Waals surface area contributed by atoms with Gasteiger partial charge in [0.05, 0.1) is 10.4 Å². The maximum atomic E-state index is 13.3. The number of sulfonamides is 1. The van der Waals surface area contributed by atoms with E-state index < -0.39 is 15.8 Å². The van der Waals surface area contributed by atoms with E-state index in [1.165, 1.54) is 27.8 Å². The van der Waals surface area contributed by atoms with Gasteiger partial charge in [-0.25, -0.2) is 12.8 Å². The summed E-state index contributed by atoms with van der Waals surface area (Å²) in [6.45, 7) is 1.92. The first kappa shape index (κ1) is 20.5. The number of fused-ring (bicyclic) bond motifs is 1. The Bertz CT molecular complexity index is 1350. The molecule has 0 saturated carbocycles. The molecule has 8 heteroatoms. The Morgan fingerprint density at radius 3 is 2.50 bits per heavy atom. The molecule has 4 aromatic rings. The average molecular weight is 443 g/mol. The minimum Gasteiger partial charge on any atom is -0.321 e. The van der Waals surface area contributed by atoms with Crippen LogP contribution >= 0.6 is 11.3 Å². The van der Waals surface area contributed by atoms with Crippen LogP contribution in [-0.2, 0) is 23.1 Å². The summed E-state index contributed by atoms with van der Waals surface area (Å²) >= 11 is 1.43. The molecule has 0 radical (unpaired) electrons. The summed E-state index contributed by atoms with van der Waals surface area (Å²) in [6, 6.07) is 15.8. The number of hydrogen-bond donors (Lipinski definition) is 1. The molecular weight excluding hydrogens is 423 g/mol. The smallest absolute Gasteiger partial charge is 0.252 e. The van der Waals surface area contributed by atoms with Crippen LogP contribution in [0.1, 0.15) is 16.0 Å². The van der Waals surface area contributed by atoms with E-state index in [0.29, 0.717) is 5.56 Å². The molecule has 0 saturated heterocycles. The second-order valence-electron chi connectivity index (χ2n) is 6.97. The Morgan fingerprint density at radius 2 is 1.80 bits per heavy atom. The molecule has 0 spiro atoms. The molecule has 5 nitrogen and oxygen atoms in total. The van der Waals surface area contributed by atoms with Crippen LogP contribution in [0.25, 0.3) is 10.9 Å². The van der Waals surface area contributed by atoms with E-state index in [1.807, 2.05) is 42.6 Å². The van der Waals surface area contributed by atoms with Gasteiger partial charge in [-0.15, -0.1) is 11.3 Å². The van der Waals surface area contributed by atoms with Gasteiger partial charge in [0.25, 0.3) is 5.56 Å². The lowest BCUT2D eigenvalue weighted by Crippen LogP contribution is -2.32. The molecule has 2 heterocycles. The van der Waals surface area contributed by atoms with E-state index in [2.05, 4.69) is 4.98 Å². The van der Waals surface area contributed by atoms with Crippen molar-refractivity contribution in [3.05, 3.63) is 98.2 Å². The van der Waals surface area contributed by atoms with Gasteiger partial charge >= 0.3 is 0 Å². The molecular formula is C22H19FN2O3S2. The molecule has 0 aliphatic carbocycles. The first-order valence-electron chi connectivity index (χ1n) is 9.24. The number of nitrogens with one attached hydrogen (secondary N) is 1. The lowest BCUT2D eigenvalue weighted by molar-refractivity contribution is 0.402. The Morgan fingerprint density at radius 1 is 1.03 bits per heavy atom. The highest BCUT2D eigenvalue weighted by Gasteiger charge is 2.26. The van der Waals surface area contributed by atoms with E-state index in [1.54, 1.807) is 6.07 Å². The fraction of sp³-hybridized carbons (Fsp3) is 0.136. The Balaban J connectivity index is 1.77. The molecule has 0 amide bonds. The predicted octanol–water partition coefficient (Wildman–Crippen LogP) is 4.43. The van der Waals surface area contributed by atoms with E-state index in [4.69, 9.17) is 0 Å². The van der Waals surface area contributed by atoms with E-state index >= 15 is 0 Å². The zero-order valence-electron chi connectivity index (χ0n) is 16.1. The number of halogens is 1. The quantitative estimate of drug-likeness (QED) is 0.480. The van der Waals surface area contributed by atoms with Crippen molar-refractivity contribution in [2.45, 2.75) is 24.9 Å². The summed E-state index contributed by atoms with van der Waals surface area (Å²) < 4.78 is 41.2. The second-order valence-corrected chi connectivity index (χ2v) is 9.94. The predicted molar refractivity (Wildman–Crippen MR) is 116 cm³/mol. The topological polar surface area (TPSA) is 70.2 Å². The van der Waals surface area contributed by atoms with Gasteiger partial charge in [-0.2, -0.15) is 4.31 Å². The zero-order chi connectivity index (χ0) is 21.3. The molecule has 0 atom stereocenters. The summed E-state index contributed by atoms with van der Waals surface area (Å²) in [6.07, 6.45) is 0. The van der Waals surface area contributed by atoms with Crippen molar-refractivity contribution >= 4 is 32.3 Å². The average Bonchev–Trinajstić information content (AvgIpc) is 3.22. The molecule has 0 aliphatic heterocycles. The largest absolute Gasteiger partial charge is 0.321 e. The summed E-state index contributed by atoms with van der Waals surface area (Å²) in [4.78, 5) is 16.4. The minimum atomic E-state index is -3.95. The van der Waals surface area contributed by atoms with Crippen LogP contribution < -0.4 is 5.56 Å². The van der Waals surface area contributed by atoms with Crippen molar-refractivity contribution in [3.63, 3.8) is 0 Å². The van der Waals surface area contributed by atoms with E-state index in [-0.39, 0.29) is 23.5 Å². The van der Waals surface area contributed by atoms with Gasteiger partial charge in [-0.05, 0) is 59.7 Å². The molecule has 1 N–H and O–H groups in total. The zero-order valence-corrected chi connectivity index (χ0v) is 17.8. The molecule has 4 rings (SSSR count). The standard InChI is InChI=1S/C22H19FN2O3S2/c1-15-4-2-5-16-12-17(22(26)24-21(15)16)13-25(14-19-6-3-11-29-19)30(27,28)20-9-7-18(23)8-10-20/h2-12H,13-14H2,1H3,(H,24,26). The maximum absolute atomic E-state index is 13.3. The maximum Gasteiger partial charge on any atom is 0.252 e. The van der Waals surface area contributed by atoms with Gasteiger partial charge in [0, 0.05) is 23.5 Å². The van der Waals surface area contributed by atoms with Gasteiger partial charge in [0.15, 0.2) is 0 Å². The molecule has 0 unspecified atom stereocenters. The Hall–Kier alpha value is -2.81. The van der Waals surface area contributed by atoms with Crippen molar-refractivity contribution in [2.24, 2.45) is 0 Å². The van der Waals surface area contributed by atoms with Crippen LogP contribution in [-0.4, -0.2) is 17.7 Å². The first-order valence-corrected chi connectivity index (χ1v) is 11.6. The molecule has 2 aromatic carbocycles. The number of rotatable bonds is 6. The summed E-state index contributed by atoms with van der Waals surface area (Å²) in [5.41, 5.74) is 1.68. The van der Waals surface area contributed by atoms with Crippen LogP contribution in [0, 0.1) is 12.7 Å². The number of aryl methyl sites for hydroxylation is 1. The highest BCUT2D eigenvalue weighted by atomic mass is 32.2. The van der Waals surface area contributed by atoms with Crippen LogP contribution in [0.3, 0.4) is 0 Å². The number of para-hydroxylation sites is 1. The van der Waals surface area contributed by atoms with E-state index in [9.17, 15) is 17.6 Å². The van der Waals surface area contributed by atoms with Crippen molar-refractivity contribution in [1.82, 2.24) is 9.29 Å². The van der Waals surface area contributed by atoms with Gasteiger partial charge < -0.3 is 4.98 Å². The fourth-order valence-corrected chi connectivity index (χ4v) is 5.49. The van der Waals surface area contributed by atoms with Gasteiger partial charge in [-0.3, -0.25) is 4.79 Å². The molecule has 30 heavy (non-hydrogen) atoms. The van der Waals surface area contributed by atoms with Crippen molar-refractivity contribution in [1.29, 1.82) is 0 Å². The normalized spacial score (nSPS) is 12.0. The van der Waals surface area contributed by atoms with Crippen LogP contribution in [0.5, 0.6) is 0 Å². The lowest BCUT2D eigenvalue weighted by Gasteiger charge is -2.22. The van der Waals surface area contributed by atoms with Crippen molar-refractivity contribution in [3.8, 4) is 0 Å². The lowest BCUT2D eigenvalue weighted by atomic mass is 10.1. The second kappa shape index (κ2) is 8.14. The van der Waals surface area contributed by atoms with Crippen molar-refractivity contribution < 1.29 is 12.8 Å². The SMILES string of the molecule is Cc1cccc2cc(CN(Cc3cccs3)S(=O)(=O)c3ccc(F)cc3)c(=O)[nH]c12. The van der Waals surface area contributed by atoms with Crippen LogP contribution in [0.15, 0.2) is 75.7 Å². The highest BCUT2D eigenvalue weighted by Crippen LogP contribution is 2.23. The van der Waals surface area contributed by atoms with E-state index in [0.717, 1.165) is 33.5 Å². The minimum absolute atomic E-state index is 0.0199. The third kappa shape index (κ3) is 4.07.